The van der Waals surface area contributed by atoms with Gasteiger partial charge in [-0.3, -0.25) is 0 Å². The summed E-state index contributed by atoms with van der Waals surface area (Å²) in [4.78, 5) is 0. The molecule has 0 bridgehead atoms. The van der Waals surface area contributed by atoms with Gasteiger partial charge in [0.25, 0.3) is 0 Å². The molecule has 0 unspecified atom stereocenters. The zero-order valence-electron chi connectivity index (χ0n) is 72.2. The maximum atomic E-state index is 6.87. The second-order valence-corrected chi connectivity index (χ2v) is 31.8. The molecule has 9 rings (SSSR count). The lowest BCUT2D eigenvalue weighted by molar-refractivity contribution is 0.0641. The fourth-order valence-corrected chi connectivity index (χ4v) is 15.5. The van der Waals surface area contributed by atoms with Crippen LogP contribution in [0.2, 0.25) is 0 Å². The highest BCUT2D eigenvalue weighted by Crippen LogP contribution is 2.50. The first-order chi connectivity index (χ1) is 56.4. The van der Waals surface area contributed by atoms with E-state index in [9.17, 15) is 0 Å². The van der Waals surface area contributed by atoms with Crippen LogP contribution in [0, 0.1) is 0 Å². The van der Waals surface area contributed by atoms with Crippen molar-refractivity contribution in [1.82, 2.24) is 0 Å². The van der Waals surface area contributed by atoms with Gasteiger partial charge in [0.05, 0.1) is 79.3 Å². The highest BCUT2D eigenvalue weighted by Gasteiger charge is 2.25. The van der Waals surface area contributed by atoms with Crippen molar-refractivity contribution in [2.24, 2.45) is 0 Å². The number of ether oxygens (including phenoxy) is 14. The molecule has 8 aromatic carbocycles. The summed E-state index contributed by atoms with van der Waals surface area (Å²) >= 11 is 0. The third kappa shape index (κ3) is 29.2. The average molecular weight is 1570 g/mol. The van der Waals surface area contributed by atoms with Crippen molar-refractivity contribution in [2.75, 3.05) is 106 Å². The van der Waals surface area contributed by atoms with Crippen molar-refractivity contribution in [3.63, 3.8) is 0 Å². The predicted octanol–water partition coefficient (Wildman–Crippen LogP) is 28.7. The van der Waals surface area contributed by atoms with E-state index in [1.807, 2.05) is 0 Å². The minimum absolute atomic E-state index is 0.259. The largest absolute Gasteiger partial charge is 0.490 e. The first-order valence-corrected chi connectivity index (χ1v) is 46.2. The van der Waals surface area contributed by atoms with Crippen LogP contribution in [0.4, 0.5) is 0 Å². The first-order valence-electron chi connectivity index (χ1n) is 46.2. The van der Waals surface area contributed by atoms with E-state index in [1.165, 1.54) is 154 Å². The maximum Gasteiger partial charge on any atom is 0.161 e. The molecule has 0 spiro atoms. The van der Waals surface area contributed by atoms with Crippen molar-refractivity contribution in [3.8, 4) is 69.0 Å². The Labute approximate surface area is 687 Å². The first kappa shape index (κ1) is 90.8. The Morgan fingerprint density at radius 3 is 0.439 bits per heavy atom. The van der Waals surface area contributed by atoms with Gasteiger partial charge in [0.2, 0.25) is 0 Å². The molecular weight excluding hydrogens is 1430 g/mol. The van der Waals surface area contributed by atoms with Crippen LogP contribution in [0.25, 0.3) is 64.6 Å². The molecule has 0 fully saturated rings. The molecule has 0 aromatic heterocycles. The Balaban J connectivity index is 1.09. The quantitative estimate of drug-likeness (QED) is 0.0265. The molecule has 114 heavy (non-hydrogen) atoms. The van der Waals surface area contributed by atoms with Gasteiger partial charge in [-0.2, -0.15) is 0 Å². The third-order valence-corrected chi connectivity index (χ3v) is 22.2. The Kier molecular flexibility index (Phi) is 42.9. The minimum atomic E-state index is 0.259. The van der Waals surface area contributed by atoms with E-state index in [2.05, 4.69) is 128 Å². The van der Waals surface area contributed by atoms with E-state index in [1.54, 1.807) is 0 Å². The summed E-state index contributed by atoms with van der Waals surface area (Å²) in [5.74, 6) is 8.47. The van der Waals surface area contributed by atoms with Crippen molar-refractivity contribution < 1.29 is 66.3 Å². The summed E-state index contributed by atoms with van der Waals surface area (Å²) in [7, 11) is 0. The zero-order chi connectivity index (χ0) is 79.8. The van der Waals surface area contributed by atoms with Gasteiger partial charge in [-0.05, 0) is 189 Å². The van der Waals surface area contributed by atoms with Gasteiger partial charge in [-0.1, -0.05) is 261 Å². The van der Waals surface area contributed by atoms with E-state index < -0.39 is 0 Å². The molecule has 1 heterocycles. The van der Waals surface area contributed by atoms with E-state index >= 15 is 0 Å². The highest BCUT2D eigenvalue weighted by atomic mass is 16.6. The fraction of sp³-hybridized carbons (Fsp3) is 0.640. The topological polar surface area (TPSA) is 129 Å². The van der Waals surface area contributed by atoms with Gasteiger partial charge in [0.1, 0.15) is 26.4 Å². The predicted molar refractivity (Wildman–Crippen MR) is 476 cm³/mol. The molecule has 0 radical (unpaired) electrons. The molecule has 0 N–H and O–H groups in total. The number of unbranched alkanes of at least 4 members (excludes halogenated alkanes) is 32. The lowest BCUT2D eigenvalue weighted by Crippen LogP contribution is -2.15. The second-order valence-electron chi connectivity index (χ2n) is 31.8. The van der Waals surface area contributed by atoms with Crippen LogP contribution in [0.15, 0.2) is 72.8 Å². The molecule has 0 atom stereocenters. The van der Waals surface area contributed by atoms with Crippen LogP contribution >= 0.6 is 0 Å². The smallest absolute Gasteiger partial charge is 0.161 e. The monoisotopic (exact) mass is 1570 g/mol. The Bertz CT molecular complexity index is 3510. The summed E-state index contributed by atoms with van der Waals surface area (Å²) in [6.45, 7) is 25.2. The van der Waals surface area contributed by atoms with Gasteiger partial charge in [-0.25, -0.2) is 0 Å². The molecule has 14 heteroatoms. The van der Waals surface area contributed by atoms with Crippen LogP contribution in [0.1, 0.15) is 312 Å². The Hall–Kier alpha value is -7.16. The summed E-state index contributed by atoms with van der Waals surface area (Å²) in [5.41, 5.74) is 0. The molecule has 632 valence electrons. The Morgan fingerprint density at radius 1 is 0.167 bits per heavy atom. The maximum absolute atomic E-state index is 6.87. The summed E-state index contributed by atoms with van der Waals surface area (Å²) in [6.07, 6.45) is 45.7. The van der Waals surface area contributed by atoms with E-state index in [0.29, 0.717) is 102 Å². The van der Waals surface area contributed by atoms with Crippen molar-refractivity contribution in [1.29, 1.82) is 0 Å². The van der Waals surface area contributed by atoms with Crippen LogP contribution in [-0.4, -0.2) is 106 Å². The number of fused-ring (bicyclic) bond motifs is 14. The van der Waals surface area contributed by atoms with E-state index in [0.717, 1.165) is 213 Å². The van der Waals surface area contributed by atoms with Crippen molar-refractivity contribution >= 4 is 64.6 Å². The third-order valence-electron chi connectivity index (χ3n) is 22.2. The van der Waals surface area contributed by atoms with Crippen LogP contribution in [0.5, 0.6) is 69.0 Å². The number of benzene rings is 8. The second kappa shape index (κ2) is 54.0. The average Bonchev–Trinajstić information content (AvgIpc) is 0.732. The van der Waals surface area contributed by atoms with E-state index in [4.69, 9.17) is 66.3 Å². The number of rotatable bonds is 56. The SMILES string of the molecule is CCCCCCCOc1cc2c3cc(OCCCCCCC)c(OCCCCCCC)cc3c3cc4c(cc3c2cc1OCCCCCCC)OCCOCCOc1cc2c3cc(OCCCCCCC)c(OCCCCCCC)cc3c3cc(OCCCCCCC)c(OCCCCCCC)cc3c2cc1OCCOCCO4. The van der Waals surface area contributed by atoms with Gasteiger partial charge < -0.3 is 66.3 Å². The lowest BCUT2D eigenvalue weighted by atomic mass is 9.93. The van der Waals surface area contributed by atoms with Gasteiger partial charge >= 0.3 is 0 Å². The minimum Gasteiger partial charge on any atom is -0.490 e. The molecule has 0 amide bonds. The molecule has 8 aromatic rings. The summed E-state index contributed by atoms with van der Waals surface area (Å²) < 4.78 is 95.1. The van der Waals surface area contributed by atoms with Gasteiger partial charge in [-0.15, -0.1) is 0 Å². The van der Waals surface area contributed by atoms with Crippen LogP contribution < -0.4 is 56.8 Å². The highest BCUT2D eigenvalue weighted by molar-refractivity contribution is 6.28. The molecule has 0 aliphatic carbocycles. The molecule has 14 nitrogen and oxygen atoms in total. The lowest BCUT2D eigenvalue weighted by Gasteiger charge is -2.21. The molecular formula is C100H148O14. The summed E-state index contributed by atoms with van der Waals surface area (Å²) in [5, 5.41) is 12.2. The van der Waals surface area contributed by atoms with Crippen LogP contribution in [0.3, 0.4) is 0 Å². The molecule has 0 saturated carbocycles. The van der Waals surface area contributed by atoms with Crippen molar-refractivity contribution in [2.45, 2.75) is 312 Å². The number of hydrogen-bond acceptors (Lipinski definition) is 14. The zero-order valence-corrected chi connectivity index (χ0v) is 72.2. The standard InChI is InChI=1S/C100H148O14/c1-9-17-25-33-41-49-103-89-65-77-78-66-90(104-50-42-34-26-18-10-2)94(108-54-46-38-30-22-14-6)70-82(78)86-74-98-97(73-85(86)81(77)69-93(89)107-53-45-37-29-21-13-5)111-61-57-101-59-63-113-99-75-87-83-71-95(109-55-47-39-31-23-15-7)91(105-51-43-35-27-19-11-3)67-79(83)80-68-92(106-52-44-36-28-20-12-4)96(110-56-48-40-32-24-16-8)72-84(80)88(87)76-100(99)114-64-60-102-58-62-112-98/h65-76H,9-64H2,1-8H3. The normalized spacial score (nSPS) is 13.1. The molecule has 1 aliphatic rings. The summed E-state index contributed by atoms with van der Waals surface area (Å²) in [6, 6.07) is 26.3. The molecule has 1 aliphatic heterocycles. The van der Waals surface area contributed by atoms with Gasteiger partial charge in [0.15, 0.2) is 69.0 Å². The molecule has 0 saturated heterocycles. The van der Waals surface area contributed by atoms with E-state index in [-0.39, 0.29) is 26.4 Å². The Morgan fingerprint density at radius 2 is 0.298 bits per heavy atom. The number of hydrogen-bond donors (Lipinski definition) is 0. The van der Waals surface area contributed by atoms with Crippen LogP contribution in [-0.2, 0) is 9.47 Å². The fourth-order valence-electron chi connectivity index (χ4n) is 15.5. The van der Waals surface area contributed by atoms with Crippen molar-refractivity contribution in [3.05, 3.63) is 72.8 Å². The van der Waals surface area contributed by atoms with Gasteiger partial charge in [0, 0.05) is 0 Å².